The van der Waals surface area contributed by atoms with Gasteiger partial charge < -0.3 is 5.32 Å². The summed E-state index contributed by atoms with van der Waals surface area (Å²) in [6.07, 6.45) is 0. The maximum Gasteiger partial charge on any atom is 0.171 e. The Hall–Kier alpha value is -1.42. The summed E-state index contributed by atoms with van der Waals surface area (Å²) in [6.45, 7) is 4.04. The van der Waals surface area contributed by atoms with E-state index in [-0.39, 0.29) is 0 Å². The molecule has 1 N–H and O–H groups in total. The lowest BCUT2D eigenvalue weighted by Gasteiger charge is -2.08. The summed E-state index contributed by atoms with van der Waals surface area (Å²) in [5.41, 5.74) is 2.13. The highest BCUT2D eigenvalue weighted by Gasteiger charge is 2.08. The van der Waals surface area contributed by atoms with E-state index in [2.05, 4.69) is 15.3 Å². The number of aryl methyl sites for hydroxylation is 1. The molecule has 0 spiro atoms. The molecule has 4 heteroatoms. The molecule has 0 saturated carbocycles. The normalized spacial score (nSPS) is 10.3. The molecule has 2 rings (SSSR count). The highest BCUT2D eigenvalue weighted by Crippen LogP contribution is 2.24. The third-order valence-electron chi connectivity index (χ3n) is 2.37. The summed E-state index contributed by atoms with van der Waals surface area (Å²) in [5.74, 6) is 1.71. The van der Waals surface area contributed by atoms with Gasteiger partial charge in [-0.3, -0.25) is 0 Å². The van der Waals surface area contributed by atoms with Gasteiger partial charge in [0.1, 0.15) is 5.82 Å². The summed E-state index contributed by atoms with van der Waals surface area (Å²) >= 11 is 1.66. The van der Waals surface area contributed by atoms with Gasteiger partial charge in [0.15, 0.2) is 5.82 Å². The Morgan fingerprint density at radius 3 is 2.67 bits per heavy atom. The molecule has 0 unspecified atom stereocenters. The minimum Gasteiger partial charge on any atom is -0.373 e. The number of hydrogen-bond donors (Lipinski definition) is 1. The lowest BCUT2D eigenvalue weighted by Crippen LogP contribution is -2.01. The van der Waals surface area contributed by atoms with Gasteiger partial charge in [0.25, 0.3) is 0 Å². The van der Waals surface area contributed by atoms with Crippen LogP contribution in [-0.4, -0.2) is 17.0 Å². The minimum absolute atomic E-state index is 0.803. The maximum absolute atomic E-state index is 4.48. The third kappa shape index (κ3) is 1.85. The van der Waals surface area contributed by atoms with Crippen LogP contribution in [0.1, 0.15) is 11.3 Å². The van der Waals surface area contributed by atoms with Gasteiger partial charge in [-0.2, -0.15) is 0 Å². The van der Waals surface area contributed by atoms with Gasteiger partial charge in [-0.05, 0) is 25.3 Å². The molecule has 0 aromatic carbocycles. The fraction of sp³-hybridized carbons (Fsp3) is 0.273. The number of nitrogens with one attached hydrogen (secondary N) is 1. The quantitative estimate of drug-likeness (QED) is 0.844. The van der Waals surface area contributed by atoms with Crippen LogP contribution in [0.3, 0.4) is 0 Å². The van der Waals surface area contributed by atoms with E-state index in [1.165, 1.54) is 0 Å². The smallest absolute Gasteiger partial charge is 0.171 e. The Morgan fingerprint density at radius 2 is 2.07 bits per heavy atom. The van der Waals surface area contributed by atoms with Gasteiger partial charge in [-0.25, -0.2) is 9.97 Å². The molecule has 15 heavy (non-hydrogen) atoms. The van der Waals surface area contributed by atoms with E-state index in [1.54, 1.807) is 11.3 Å². The van der Waals surface area contributed by atoms with E-state index in [4.69, 9.17) is 0 Å². The minimum atomic E-state index is 0.803. The summed E-state index contributed by atoms with van der Waals surface area (Å²) < 4.78 is 0. The first-order valence-corrected chi connectivity index (χ1v) is 5.67. The number of rotatable bonds is 2. The van der Waals surface area contributed by atoms with Gasteiger partial charge in [0.05, 0.1) is 4.88 Å². The Morgan fingerprint density at radius 1 is 1.27 bits per heavy atom. The molecule has 0 aliphatic heterocycles. The molecule has 2 aromatic rings. The second-order valence-corrected chi connectivity index (χ2v) is 4.28. The van der Waals surface area contributed by atoms with Gasteiger partial charge in [-0.15, -0.1) is 11.3 Å². The summed E-state index contributed by atoms with van der Waals surface area (Å²) in [6, 6.07) is 4.05. The van der Waals surface area contributed by atoms with Crippen molar-refractivity contribution in [2.24, 2.45) is 0 Å². The van der Waals surface area contributed by atoms with E-state index < -0.39 is 0 Å². The van der Waals surface area contributed by atoms with E-state index in [9.17, 15) is 0 Å². The summed E-state index contributed by atoms with van der Waals surface area (Å²) in [5, 5.41) is 5.13. The molecular formula is C11H13N3S. The number of nitrogens with zero attached hydrogens (tertiary/aromatic N) is 2. The average Bonchev–Trinajstić information content (AvgIpc) is 2.75. The van der Waals surface area contributed by atoms with Crippen LogP contribution in [0.5, 0.6) is 0 Å². The zero-order valence-electron chi connectivity index (χ0n) is 9.03. The van der Waals surface area contributed by atoms with Crippen molar-refractivity contribution in [3.8, 4) is 10.7 Å². The molecule has 0 aliphatic rings. The molecule has 0 aliphatic carbocycles. The van der Waals surface area contributed by atoms with Gasteiger partial charge in [0.2, 0.25) is 0 Å². The summed E-state index contributed by atoms with van der Waals surface area (Å²) in [4.78, 5) is 10.1. The predicted octanol–water partition coefficient (Wildman–Crippen LogP) is 2.86. The Bertz CT molecular complexity index is 463. The van der Waals surface area contributed by atoms with Crippen LogP contribution >= 0.6 is 11.3 Å². The highest BCUT2D eigenvalue weighted by atomic mass is 32.1. The van der Waals surface area contributed by atoms with E-state index in [0.717, 1.165) is 27.8 Å². The van der Waals surface area contributed by atoms with Crippen molar-refractivity contribution >= 4 is 17.2 Å². The SMILES string of the molecule is CNc1nc(-c2cccs2)nc(C)c1C. The predicted molar refractivity (Wildman–Crippen MR) is 64.4 cm³/mol. The molecule has 0 bridgehead atoms. The van der Waals surface area contributed by atoms with Crippen molar-refractivity contribution < 1.29 is 0 Å². The molecule has 0 fully saturated rings. The van der Waals surface area contributed by atoms with Crippen LogP contribution in [0.4, 0.5) is 5.82 Å². The Kier molecular flexibility index (Phi) is 2.68. The number of hydrogen-bond acceptors (Lipinski definition) is 4. The van der Waals surface area contributed by atoms with Crippen molar-refractivity contribution in [3.05, 3.63) is 28.8 Å². The zero-order valence-corrected chi connectivity index (χ0v) is 9.85. The molecule has 2 aromatic heterocycles. The van der Waals surface area contributed by atoms with Crippen LogP contribution in [-0.2, 0) is 0 Å². The molecule has 0 saturated heterocycles. The van der Waals surface area contributed by atoms with E-state index >= 15 is 0 Å². The van der Waals surface area contributed by atoms with Gasteiger partial charge in [-0.1, -0.05) is 6.07 Å². The van der Waals surface area contributed by atoms with Crippen LogP contribution in [0, 0.1) is 13.8 Å². The standard InChI is InChI=1S/C11H13N3S/c1-7-8(2)13-11(14-10(7)12-3)9-5-4-6-15-9/h4-6H,1-3H3,(H,12,13,14). The monoisotopic (exact) mass is 219 g/mol. The fourth-order valence-corrected chi connectivity index (χ4v) is 2.05. The molecule has 3 nitrogen and oxygen atoms in total. The zero-order chi connectivity index (χ0) is 10.8. The van der Waals surface area contributed by atoms with Crippen LogP contribution in [0.15, 0.2) is 17.5 Å². The lowest BCUT2D eigenvalue weighted by molar-refractivity contribution is 1.07. The van der Waals surface area contributed by atoms with Gasteiger partial charge >= 0.3 is 0 Å². The van der Waals surface area contributed by atoms with Crippen molar-refractivity contribution in [2.45, 2.75) is 13.8 Å². The molecule has 0 atom stereocenters. The first-order valence-electron chi connectivity index (χ1n) is 4.79. The molecule has 0 amide bonds. The molecule has 78 valence electrons. The number of aromatic nitrogens is 2. The first kappa shape index (κ1) is 10.1. The topological polar surface area (TPSA) is 37.8 Å². The highest BCUT2D eigenvalue weighted by molar-refractivity contribution is 7.13. The average molecular weight is 219 g/mol. The molecule has 2 heterocycles. The van der Waals surface area contributed by atoms with Crippen molar-refractivity contribution in [1.29, 1.82) is 0 Å². The number of thiophene rings is 1. The number of anilines is 1. The molecular weight excluding hydrogens is 206 g/mol. The van der Waals surface area contributed by atoms with Crippen molar-refractivity contribution in [2.75, 3.05) is 12.4 Å². The van der Waals surface area contributed by atoms with Gasteiger partial charge in [0, 0.05) is 18.3 Å². The Balaban J connectivity index is 2.55. The third-order valence-corrected chi connectivity index (χ3v) is 3.23. The Labute approximate surface area is 93.2 Å². The maximum atomic E-state index is 4.48. The van der Waals surface area contributed by atoms with E-state index in [0.29, 0.717) is 0 Å². The van der Waals surface area contributed by atoms with E-state index in [1.807, 2.05) is 38.4 Å². The van der Waals surface area contributed by atoms with Crippen LogP contribution in [0.25, 0.3) is 10.7 Å². The summed E-state index contributed by atoms with van der Waals surface area (Å²) in [7, 11) is 1.88. The lowest BCUT2D eigenvalue weighted by atomic mass is 10.2. The van der Waals surface area contributed by atoms with Crippen molar-refractivity contribution in [3.63, 3.8) is 0 Å². The second-order valence-electron chi connectivity index (χ2n) is 3.33. The largest absolute Gasteiger partial charge is 0.373 e. The molecule has 0 radical (unpaired) electrons. The van der Waals surface area contributed by atoms with Crippen LogP contribution in [0.2, 0.25) is 0 Å². The second kappa shape index (κ2) is 3.98. The fourth-order valence-electron chi connectivity index (χ4n) is 1.39. The first-order chi connectivity index (χ1) is 7.22. The van der Waals surface area contributed by atoms with Crippen molar-refractivity contribution in [1.82, 2.24) is 9.97 Å². The van der Waals surface area contributed by atoms with Crippen LogP contribution < -0.4 is 5.32 Å².